The third-order valence-electron chi connectivity index (χ3n) is 6.26. The molecular weight excluding hydrogens is 394 g/mol. The molecule has 2 fully saturated rings. The molecule has 3 atom stereocenters. The summed E-state index contributed by atoms with van der Waals surface area (Å²) in [5.74, 6) is 1.24. The van der Waals surface area contributed by atoms with E-state index in [1.165, 1.54) is 32.1 Å². The first-order chi connectivity index (χ1) is 13.9. The van der Waals surface area contributed by atoms with E-state index in [4.69, 9.17) is 9.32 Å². The van der Waals surface area contributed by atoms with Gasteiger partial charge in [0.05, 0.1) is 18.1 Å². The van der Waals surface area contributed by atoms with Crippen LogP contribution in [0, 0.1) is 11.8 Å². The first-order valence-corrected chi connectivity index (χ1v) is 11.8. The minimum atomic E-state index is -4.01. The third-order valence-corrected chi connectivity index (χ3v) is 6.73. The quantitative estimate of drug-likeness (QED) is 0.620. The molecule has 2 aromatic heterocycles. The van der Waals surface area contributed by atoms with Crippen LogP contribution in [0.3, 0.4) is 0 Å². The molecule has 0 unspecified atom stereocenters. The van der Waals surface area contributed by atoms with Crippen molar-refractivity contribution in [2.24, 2.45) is 17.0 Å². The largest absolute Gasteiger partial charge is 0.393 e. The van der Waals surface area contributed by atoms with Crippen LogP contribution in [-0.2, 0) is 14.5 Å². The minimum absolute atomic E-state index is 0.0117. The lowest BCUT2D eigenvalue weighted by Gasteiger charge is -2.22. The molecule has 0 bridgehead atoms. The normalized spacial score (nSPS) is 26.2. The van der Waals surface area contributed by atoms with Crippen molar-refractivity contribution in [1.82, 2.24) is 14.5 Å². The fraction of sp³-hybridized carbons (Fsp3) is 0.684. The fourth-order valence-electron chi connectivity index (χ4n) is 4.70. The Bertz CT molecular complexity index is 941. The van der Waals surface area contributed by atoms with Crippen LogP contribution < -0.4 is 10.5 Å². The Labute approximate surface area is 170 Å². The summed E-state index contributed by atoms with van der Waals surface area (Å²) in [6.45, 7) is 0.811. The van der Waals surface area contributed by atoms with E-state index in [2.05, 4.69) is 15.3 Å². The molecule has 0 saturated heterocycles. The number of aliphatic hydroxyl groups is 1. The Morgan fingerprint density at radius 2 is 2.03 bits per heavy atom. The van der Waals surface area contributed by atoms with Gasteiger partial charge in [-0.25, -0.2) is 15.1 Å². The first-order valence-electron chi connectivity index (χ1n) is 10.3. The van der Waals surface area contributed by atoms with Crippen molar-refractivity contribution in [3.63, 3.8) is 0 Å². The molecule has 9 nitrogen and oxygen atoms in total. The van der Waals surface area contributed by atoms with Gasteiger partial charge in [-0.1, -0.05) is 19.3 Å². The lowest BCUT2D eigenvalue weighted by Crippen LogP contribution is -2.24. The van der Waals surface area contributed by atoms with Crippen molar-refractivity contribution >= 4 is 27.2 Å². The van der Waals surface area contributed by atoms with E-state index < -0.39 is 16.4 Å². The Balaban J connectivity index is 1.46. The molecule has 160 valence electrons. The summed E-state index contributed by atoms with van der Waals surface area (Å²) in [5, 5.41) is 19.7. The van der Waals surface area contributed by atoms with Crippen LogP contribution in [0.5, 0.6) is 0 Å². The van der Waals surface area contributed by atoms with Gasteiger partial charge in [-0.05, 0) is 37.7 Å². The van der Waals surface area contributed by atoms with Crippen LogP contribution >= 0.6 is 0 Å². The van der Waals surface area contributed by atoms with Gasteiger partial charge in [0.1, 0.15) is 17.8 Å². The molecule has 0 spiro atoms. The monoisotopic (exact) mass is 423 g/mol. The maximum Gasteiger partial charge on any atom is 0.333 e. The molecule has 2 aliphatic rings. The van der Waals surface area contributed by atoms with Crippen LogP contribution in [0.25, 0.3) is 11.0 Å². The maximum absolute atomic E-state index is 11.0. The number of aromatic nitrogens is 3. The van der Waals surface area contributed by atoms with Gasteiger partial charge in [-0.3, -0.25) is 4.18 Å². The van der Waals surface area contributed by atoms with Gasteiger partial charge in [0.15, 0.2) is 0 Å². The average molecular weight is 424 g/mol. The number of anilines is 1. The van der Waals surface area contributed by atoms with Crippen molar-refractivity contribution in [3.05, 3.63) is 18.6 Å². The Morgan fingerprint density at radius 3 is 2.79 bits per heavy atom. The minimum Gasteiger partial charge on any atom is -0.393 e. The number of nitrogens with one attached hydrogen (secondary N) is 1. The van der Waals surface area contributed by atoms with Gasteiger partial charge in [0.25, 0.3) is 0 Å². The zero-order valence-corrected chi connectivity index (χ0v) is 17.2. The van der Waals surface area contributed by atoms with Crippen LogP contribution in [-0.4, -0.2) is 47.3 Å². The highest BCUT2D eigenvalue weighted by molar-refractivity contribution is 7.84. The standard InChI is InChI=1S/C19H29N5O4S/c20-29(26,27)28-11-14-8-15(9-17(14)25)24-7-6-16-18(22-12-23-19(16)24)21-10-13-4-2-1-3-5-13/h6-7,12-15,17,25H,1-5,8-11H2,(H2,20,26,27)(H,21,22,23)/t14-,15+,17-/m0/s1. The van der Waals surface area contributed by atoms with Crippen molar-refractivity contribution in [3.8, 4) is 0 Å². The lowest BCUT2D eigenvalue weighted by molar-refractivity contribution is 0.100. The SMILES string of the molecule is NS(=O)(=O)OC[C@@H]1C[C@@H](n2ccc3c(NCC4CCCCC4)ncnc32)C[C@@H]1O. The number of nitrogens with zero attached hydrogens (tertiary/aromatic N) is 3. The Hall–Kier alpha value is -1.75. The molecule has 4 N–H and O–H groups in total. The van der Waals surface area contributed by atoms with Gasteiger partial charge < -0.3 is 15.0 Å². The van der Waals surface area contributed by atoms with E-state index in [9.17, 15) is 13.5 Å². The number of rotatable bonds is 7. The maximum atomic E-state index is 11.0. The Kier molecular flexibility index (Phi) is 6.05. The summed E-state index contributed by atoms with van der Waals surface area (Å²) in [6.07, 6.45) is 10.5. The topological polar surface area (TPSA) is 132 Å². The second-order valence-electron chi connectivity index (χ2n) is 8.30. The van der Waals surface area contributed by atoms with Crippen molar-refractivity contribution in [2.75, 3.05) is 18.5 Å². The molecule has 0 aliphatic heterocycles. The summed E-state index contributed by atoms with van der Waals surface area (Å²) in [5.41, 5.74) is 0.816. The molecular formula is C19H29N5O4S. The molecule has 2 saturated carbocycles. The molecule has 2 aromatic rings. The van der Waals surface area contributed by atoms with Gasteiger partial charge in [0, 0.05) is 24.7 Å². The van der Waals surface area contributed by atoms with E-state index in [0.29, 0.717) is 18.8 Å². The second-order valence-corrected chi connectivity index (χ2v) is 9.52. The Morgan fingerprint density at radius 1 is 1.24 bits per heavy atom. The predicted molar refractivity (Wildman–Crippen MR) is 109 cm³/mol. The van der Waals surface area contributed by atoms with Gasteiger partial charge in [-0.15, -0.1) is 0 Å². The van der Waals surface area contributed by atoms with Crippen LogP contribution in [0.1, 0.15) is 51.0 Å². The molecule has 0 aromatic carbocycles. The van der Waals surface area contributed by atoms with E-state index in [-0.39, 0.29) is 18.6 Å². The zero-order valence-electron chi connectivity index (χ0n) is 16.4. The summed E-state index contributed by atoms with van der Waals surface area (Å²) >= 11 is 0. The number of aliphatic hydroxyl groups excluding tert-OH is 1. The highest BCUT2D eigenvalue weighted by Gasteiger charge is 2.35. The summed E-state index contributed by atoms with van der Waals surface area (Å²) < 4.78 is 28.8. The van der Waals surface area contributed by atoms with Gasteiger partial charge >= 0.3 is 10.3 Å². The zero-order chi connectivity index (χ0) is 20.4. The van der Waals surface area contributed by atoms with E-state index in [1.54, 1.807) is 6.33 Å². The molecule has 2 aliphatic carbocycles. The summed E-state index contributed by atoms with van der Waals surface area (Å²) in [6, 6.07) is 2.01. The third kappa shape index (κ3) is 4.88. The molecule has 2 heterocycles. The first kappa shape index (κ1) is 20.5. The van der Waals surface area contributed by atoms with Gasteiger partial charge in [-0.2, -0.15) is 8.42 Å². The van der Waals surface area contributed by atoms with Gasteiger partial charge in [0.2, 0.25) is 0 Å². The number of nitrogens with two attached hydrogens (primary N) is 1. The number of hydrogen-bond acceptors (Lipinski definition) is 7. The van der Waals surface area contributed by atoms with E-state index in [0.717, 1.165) is 23.4 Å². The highest BCUT2D eigenvalue weighted by atomic mass is 32.2. The molecule has 0 radical (unpaired) electrons. The number of hydrogen-bond donors (Lipinski definition) is 3. The van der Waals surface area contributed by atoms with Crippen LogP contribution in [0.2, 0.25) is 0 Å². The summed E-state index contributed by atoms with van der Waals surface area (Å²) in [7, 11) is -4.01. The van der Waals surface area contributed by atoms with Crippen molar-refractivity contribution < 1.29 is 17.7 Å². The lowest BCUT2D eigenvalue weighted by atomic mass is 9.89. The highest BCUT2D eigenvalue weighted by Crippen LogP contribution is 2.37. The van der Waals surface area contributed by atoms with Crippen molar-refractivity contribution in [1.29, 1.82) is 0 Å². The smallest absolute Gasteiger partial charge is 0.333 e. The van der Waals surface area contributed by atoms with Crippen LogP contribution in [0.15, 0.2) is 18.6 Å². The van der Waals surface area contributed by atoms with E-state index >= 15 is 0 Å². The van der Waals surface area contributed by atoms with Crippen molar-refractivity contribution in [2.45, 2.75) is 57.1 Å². The summed E-state index contributed by atoms with van der Waals surface area (Å²) in [4.78, 5) is 8.89. The molecule has 4 rings (SSSR count). The predicted octanol–water partition coefficient (Wildman–Crippen LogP) is 1.96. The van der Waals surface area contributed by atoms with E-state index in [1.807, 2.05) is 16.8 Å². The number of fused-ring (bicyclic) bond motifs is 1. The molecule has 10 heteroatoms. The molecule has 29 heavy (non-hydrogen) atoms. The molecule has 0 amide bonds. The van der Waals surface area contributed by atoms with Crippen LogP contribution in [0.4, 0.5) is 5.82 Å². The average Bonchev–Trinajstić information content (AvgIpc) is 3.28. The fourth-order valence-corrected chi connectivity index (χ4v) is 5.07. The second kappa shape index (κ2) is 8.55.